The van der Waals surface area contributed by atoms with Crippen LogP contribution in [0.2, 0.25) is 0 Å². The molecule has 1 unspecified atom stereocenters. The number of nitrogens with zero attached hydrogens (tertiary/aromatic N) is 1. The molecule has 0 aliphatic heterocycles. The van der Waals surface area contributed by atoms with Crippen molar-refractivity contribution >= 4 is 5.97 Å². The van der Waals surface area contributed by atoms with E-state index in [1.807, 2.05) is 32.8 Å². The largest absolute Gasteiger partial charge is 0.494 e. The van der Waals surface area contributed by atoms with Gasteiger partial charge in [-0.2, -0.15) is 0 Å². The molecule has 0 saturated heterocycles. The Kier molecular flexibility index (Phi) is 5.65. The van der Waals surface area contributed by atoms with Crippen molar-refractivity contribution < 1.29 is 14.3 Å². The van der Waals surface area contributed by atoms with Gasteiger partial charge in [0.05, 0.1) is 12.2 Å². The lowest BCUT2D eigenvalue weighted by atomic mass is 10.2. The van der Waals surface area contributed by atoms with Crippen LogP contribution in [-0.4, -0.2) is 44.2 Å². The highest BCUT2D eigenvalue weighted by Crippen LogP contribution is 2.13. The van der Waals surface area contributed by atoms with Crippen LogP contribution in [0.1, 0.15) is 24.2 Å². The lowest BCUT2D eigenvalue weighted by Crippen LogP contribution is -2.28. The number of esters is 1. The predicted octanol–water partition coefficient (Wildman–Crippen LogP) is 2.19. The summed E-state index contributed by atoms with van der Waals surface area (Å²) in [4.78, 5) is 13.8. The summed E-state index contributed by atoms with van der Waals surface area (Å²) in [5.41, 5.74) is 0.545. The average molecular weight is 251 g/mol. The molecule has 1 atom stereocenters. The van der Waals surface area contributed by atoms with Crippen molar-refractivity contribution in [1.29, 1.82) is 0 Å². The van der Waals surface area contributed by atoms with Gasteiger partial charge in [0.2, 0.25) is 0 Å². The number of carbonyl (C=O) groups is 1. The van der Waals surface area contributed by atoms with Gasteiger partial charge < -0.3 is 14.4 Å². The lowest BCUT2D eigenvalue weighted by Gasteiger charge is -2.17. The Hall–Kier alpha value is -1.55. The molecular weight excluding hydrogens is 230 g/mol. The molecule has 0 aromatic heterocycles. The number of hydrogen-bond donors (Lipinski definition) is 0. The van der Waals surface area contributed by atoms with E-state index < -0.39 is 0 Å². The van der Waals surface area contributed by atoms with E-state index in [0.717, 1.165) is 5.75 Å². The average Bonchev–Trinajstić information content (AvgIpc) is 2.29. The first-order valence-corrected chi connectivity index (χ1v) is 6.11. The van der Waals surface area contributed by atoms with Crippen LogP contribution in [0, 0.1) is 0 Å². The molecule has 4 nitrogen and oxygen atoms in total. The van der Waals surface area contributed by atoms with Gasteiger partial charge in [0.1, 0.15) is 11.9 Å². The van der Waals surface area contributed by atoms with E-state index in [1.54, 1.807) is 24.3 Å². The Bertz CT molecular complexity index is 373. The highest BCUT2D eigenvalue weighted by Gasteiger charge is 2.12. The topological polar surface area (TPSA) is 38.8 Å². The molecule has 0 amide bonds. The van der Waals surface area contributed by atoms with Crippen molar-refractivity contribution in [2.75, 3.05) is 27.2 Å². The van der Waals surface area contributed by atoms with Crippen molar-refractivity contribution in [3.8, 4) is 5.75 Å². The third-order valence-corrected chi connectivity index (χ3v) is 2.33. The van der Waals surface area contributed by atoms with E-state index in [-0.39, 0.29) is 12.1 Å². The Morgan fingerprint density at radius 3 is 2.39 bits per heavy atom. The zero-order valence-electron chi connectivity index (χ0n) is 11.5. The summed E-state index contributed by atoms with van der Waals surface area (Å²) in [6.07, 6.45) is -0.126. The number of rotatable bonds is 6. The third kappa shape index (κ3) is 4.75. The number of likely N-dealkylation sites (N-methyl/N-ethyl adjacent to an activating group) is 1. The Labute approximate surface area is 108 Å². The number of ether oxygens (including phenoxy) is 2. The van der Waals surface area contributed by atoms with Gasteiger partial charge in [0.15, 0.2) is 0 Å². The molecule has 0 heterocycles. The summed E-state index contributed by atoms with van der Waals surface area (Å²) >= 11 is 0. The standard InChI is InChI=1S/C14H21NO3/c1-5-17-13-8-6-12(7-9-13)14(16)18-11(2)10-15(3)4/h6-9,11H,5,10H2,1-4H3. The molecule has 18 heavy (non-hydrogen) atoms. The third-order valence-electron chi connectivity index (χ3n) is 2.33. The normalized spacial score (nSPS) is 12.3. The molecule has 0 N–H and O–H groups in total. The van der Waals surface area contributed by atoms with Crippen molar-refractivity contribution in [2.45, 2.75) is 20.0 Å². The maximum atomic E-state index is 11.8. The maximum absolute atomic E-state index is 11.8. The van der Waals surface area contributed by atoms with E-state index in [9.17, 15) is 4.79 Å². The maximum Gasteiger partial charge on any atom is 0.338 e. The molecule has 0 aliphatic carbocycles. The predicted molar refractivity (Wildman–Crippen MR) is 71.0 cm³/mol. The molecule has 1 rings (SSSR count). The summed E-state index contributed by atoms with van der Waals surface area (Å²) in [6, 6.07) is 6.98. The summed E-state index contributed by atoms with van der Waals surface area (Å²) < 4.78 is 10.6. The van der Waals surface area contributed by atoms with Crippen LogP contribution in [-0.2, 0) is 4.74 Å². The van der Waals surface area contributed by atoms with Crippen LogP contribution in [0.3, 0.4) is 0 Å². The zero-order chi connectivity index (χ0) is 13.5. The van der Waals surface area contributed by atoms with Crippen LogP contribution in [0.4, 0.5) is 0 Å². The van der Waals surface area contributed by atoms with Crippen LogP contribution < -0.4 is 4.74 Å². The Morgan fingerprint density at radius 2 is 1.89 bits per heavy atom. The minimum Gasteiger partial charge on any atom is -0.494 e. The summed E-state index contributed by atoms with van der Waals surface area (Å²) in [6.45, 7) is 5.13. The van der Waals surface area contributed by atoms with Gasteiger partial charge in [0.25, 0.3) is 0 Å². The van der Waals surface area contributed by atoms with E-state index in [1.165, 1.54) is 0 Å². The number of hydrogen-bond acceptors (Lipinski definition) is 4. The summed E-state index contributed by atoms with van der Waals surface area (Å²) in [5, 5.41) is 0. The summed E-state index contributed by atoms with van der Waals surface area (Å²) in [7, 11) is 3.89. The van der Waals surface area contributed by atoms with E-state index in [0.29, 0.717) is 18.7 Å². The molecule has 1 aromatic rings. The molecule has 1 aromatic carbocycles. The molecule has 0 saturated carbocycles. The smallest absolute Gasteiger partial charge is 0.338 e. The van der Waals surface area contributed by atoms with Gasteiger partial charge in [0, 0.05) is 6.54 Å². The first kappa shape index (κ1) is 14.5. The molecule has 0 bridgehead atoms. The number of carbonyl (C=O) groups excluding carboxylic acids is 1. The molecule has 0 fully saturated rings. The van der Waals surface area contributed by atoms with Gasteiger partial charge in [-0.05, 0) is 52.2 Å². The molecule has 4 heteroatoms. The fourth-order valence-electron chi connectivity index (χ4n) is 1.66. The molecule has 0 aliphatic rings. The molecule has 100 valence electrons. The second-order valence-corrected chi connectivity index (χ2v) is 4.44. The van der Waals surface area contributed by atoms with Gasteiger partial charge in [-0.15, -0.1) is 0 Å². The quantitative estimate of drug-likeness (QED) is 0.726. The SMILES string of the molecule is CCOc1ccc(C(=O)OC(C)CN(C)C)cc1. The van der Waals surface area contributed by atoms with E-state index in [4.69, 9.17) is 9.47 Å². The second kappa shape index (κ2) is 7.01. The summed E-state index contributed by atoms with van der Waals surface area (Å²) in [5.74, 6) is 0.461. The van der Waals surface area contributed by atoms with Crippen molar-refractivity contribution in [1.82, 2.24) is 4.90 Å². The second-order valence-electron chi connectivity index (χ2n) is 4.44. The van der Waals surface area contributed by atoms with Crippen LogP contribution in [0.25, 0.3) is 0 Å². The van der Waals surface area contributed by atoms with Crippen LogP contribution in [0.15, 0.2) is 24.3 Å². The van der Waals surface area contributed by atoms with Crippen molar-refractivity contribution in [2.24, 2.45) is 0 Å². The monoisotopic (exact) mass is 251 g/mol. The van der Waals surface area contributed by atoms with Gasteiger partial charge in [-0.25, -0.2) is 4.79 Å². The van der Waals surface area contributed by atoms with Crippen molar-refractivity contribution in [3.63, 3.8) is 0 Å². The first-order valence-electron chi connectivity index (χ1n) is 6.11. The van der Waals surface area contributed by atoms with Crippen LogP contribution >= 0.6 is 0 Å². The van der Waals surface area contributed by atoms with E-state index in [2.05, 4.69) is 0 Å². The van der Waals surface area contributed by atoms with Gasteiger partial charge in [-0.1, -0.05) is 0 Å². The van der Waals surface area contributed by atoms with Gasteiger partial charge >= 0.3 is 5.97 Å². The number of benzene rings is 1. The lowest BCUT2D eigenvalue weighted by molar-refractivity contribution is 0.0289. The Balaban J connectivity index is 2.56. The minimum absolute atomic E-state index is 0.126. The fourth-order valence-corrected chi connectivity index (χ4v) is 1.66. The molecule has 0 spiro atoms. The zero-order valence-corrected chi connectivity index (χ0v) is 11.5. The van der Waals surface area contributed by atoms with Crippen LogP contribution in [0.5, 0.6) is 5.75 Å². The van der Waals surface area contributed by atoms with E-state index >= 15 is 0 Å². The highest BCUT2D eigenvalue weighted by atomic mass is 16.5. The van der Waals surface area contributed by atoms with Crippen molar-refractivity contribution in [3.05, 3.63) is 29.8 Å². The Morgan fingerprint density at radius 1 is 1.28 bits per heavy atom. The fraction of sp³-hybridized carbons (Fsp3) is 0.500. The van der Waals surface area contributed by atoms with Gasteiger partial charge in [-0.3, -0.25) is 0 Å². The first-order chi connectivity index (χ1) is 8.52. The minimum atomic E-state index is -0.299. The highest BCUT2D eigenvalue weighted by molar-refractivity contribution is 5.89. The molecular formula is C14H21NO3. The molecule has 0 radical (unpaired) electrons.